The first-order valence-electron chi connectivity index (χ1n) is 9.08. The van der Waals surface area contributed by atoms with Crippen molar-refractivity contribution in [1.82, 2.24) is 19.9 Å². The fourth-order valence-corrected chi connectivity index (χ4v) is 3.70. The van der Waals surface area contributed by atoms with E-state index in [1.54, 1.807) is 11.1 Å². The number of aromatic nitrogens is 3. The Morgan fingerprint density at radius 1 is 1.15 bits per heavy atom. The van der Waals surface area contributed by atoms with Crippen molar-refractivity contribution in [3.63, 3.8) is 0 Å². The van der Waals surface area contributed by atoms with Crippen molar-refractivity contribution < 1.29 is 4.79 Å². The maximum absolute atomic E-state index is 12.6. The zero-order valence-corrected chi connectivity index (χ0v) is 15.1. The van der Waals surface area contributed by atoms with Gasteiger partial charge in [0, 0.05) is 25.2 Å². The Morgan fingerprint density at radius 3 is 2.70 bits per heavy atom. The van der Waals surface area contributed by atoms with Crippen LogP contribution in [0.2, 0.25) is 0 Å². The molecular weight excluding hydrogens is 340 g/mol. The van der Waals surface area contributed by atoms with E-state index in [1.165, 1.54) is 0 Å². The number of pyridine rings is 3. The summed E-state index contributed by atoms with van der Waals surface area (Å²) in [6, 6.07) is 11.5. The van der Waals surface area contributed by atoms with Gasteiger partial charge in [-0.25, -0.2) is 14.8 Å². The Morgan fingerprint density at radius 2 is 1.96 bits per heavy atom. The molecule has 136 valence electrons. The highest BCUT2D eigenvalue weighted by atomic mass is 16.2. The second kappa shape index (κ2) is 5.72. The number of fused-ring (bicyclic) bond motifs is 1. The standard InChI is InChI=1S/C20H20N6O/c1-25-19(27)26(12-20(25)7-8-20)18-4-2-3-15(24-18)16-6-5-13-11-22-14(10-21)9-17(13)23-16/h2-6,9,11H,7-8,10,12,21H2,1H3. The minimum Gasteiger partial charge on any atom is -0.325 e. The van der Waals surface area contributed by atoms with Gasteiger partial charge >= 0.3 is 6.03 Å². The highest BCUT2D eigenvalue weighted by molar-refractivity contribution is 5.95. The summed E-state index contributed by atoms with van der Waals surface area (Å²) in [5.41, 5.74) is 8.85. The molecule has 2 N–H and O–H groups in total. The average Bonchev–Trinajstić information content (AvgIpc) is 3.46. The molecule has 0 unspecified atom stereocenters. The third-order valence-corrected chi connectivity index (χ3v) is 5.62. The first-order chi connectivity index (χ1) is 13.1. The number of carbonyl (C=O) groups excluding carboxylic acids is 1. The number of carbonyl (C=O) groups is 1. The van der Waals surface area contributed by atoms with Gasteiger partial charge in [-0.2, -0.15) is 0 Å². The Hall–Kier alpha value is -3.06. The SMILES string of the molecule is CN1C(=O)N(c2cccc(-c3ccc4cnc(CN)cc4n3)n2)CC12CC2. The van der Waals surface area contributed by atoms with E-state index in [-0.39, 0.29) is 11.6 Å². The molecule has 4 heterocycles. The molecule has 0 bridgehead atoms. The third kappa shape index (κ3) is 2.54. The molecule has 7 heteroatoms. The van der Waals surface area contributed by atoms with Gasteiger partial charge in [-0.15, -0.1) is 0 Å². The van der Waals surface area contributed by atoms with Crippen LogP contribution in [0, 0.1) is 0 Å². The second-order valence-corrected chi connectivity index (χ2v) is 7.30. The Balaban J connectivity index is 1.52. The molecule has 2 amide bonds. The smallest absolute Gasteiger partial charge is 0.325 e. The van der Waals surface area contributed by atoms with Crippen LogP contribution in [0.3, 0.4) is 0 Å². The normalized spacial score (nSPS) is 17.9. The van der Waals surface area contributed by atoms with Gasteiger partial charge in [0.05, 0.1) is 34.7 Å². The molecule has 7 nitrogen and oxygen atoms in total. The number of likely N-dealkylation sites (N-methyl/N-ethyl adjacent to an activating group) is 1. The van der Waals surface area contributed by atoms with Crippen molar-refractivity contribution in [1.29, 1.82) is 0 Å². The summed E-state index contributed by atoms with van der Waals surface area (Å²) in [5, 5.41) is 0.958. The minimum atomic E-state index is 0.0155. The lowest BCUT2D eigenvalue weighted by molar-refractivity contribution is 0.215. The van der Waals surface area contributed by atoms with Crippen molar-refractivity contribution >= 4 is 22.8 Å². The van der Waals surface area contributed by atoms with Gasteiger partial charge in [-0.05, 0) is 43.2 Å². The summed E-state index contributed by atoms with van der Waals surface area (Å²) in [6.07, 6.45) is 3.91. The van der Waals surface area contributed by atoms with Crippen LogP contribution in [0.1, 0.15) is 18.5 Å². The molecule has 1 spiro atoms. The Labute approximate surface area is 156 Å². The van der Waals surface area contributed by atoms with Crippen LogP contribution in [0.5, 0.6) is 0 Å². The molecule has 0 radical (unpaired) electrons. The highest BCUT2D eigenvalue weighted by Crippen LogP contribution is 2.46. The molecule has 3 aromatic heterocycles. The molecule has 3 aromatic rings. The van der Waals surface area contributed by atoms with E-state index in [4.69, 9.17) is 15.7 Å². The number of nitrogens with two attached hydrogens (primary N) is 1. The predicted molar refractivity (Wildman–Crippen MR) is 103 cm³/mol. The first kappa shape index (κ1) is 16.1. The molecule has 5 rings (SSSR count). The number of anilines is 1. The number of rotatable bonds is 3. The Bertz CT molecular complexity index is 1060. The molecule has 2 fully saturated rings. The van der Waals surface area contributed by atoms with E-state index in [0.717, 1.165) is 40.8 Å². The van der Waals surface area contributed by atoms with Gasteiger partial charge in [0.15, 0.2) is 0 Å². The summed E-state index contributed by atoms with van der Waals surface area (Å²) in [5.74, 6) is 0.674. The number of nitrogens with zero attached hydrogens (tertiary/aromatic N) is 5. The van der Waals surface area contributed by atoms with Gasteiger partial charge in [-0.3, -0.25) is 9.88 Å². The van der Waals surface area contributed by atoms with E-state index in [1.807, 2.05) is 48.3 Å². The van der Waals surface area contributed by atoms with Crippen molar-refractivity contribution in [3.8, 4) is 11.4 Å². The second-order valence-electron chi connectivity index (χ2n) is 7.30. The third-order valence-electron chi connectivity index (χ3n) is 5.62. The largest absolute Gasteiger partial charge is 0.326 e. The van der Waals surface area contributed by atoms with Crippen LogP contribution in [-0.2, 0) is 6.54 Å². The minimum absolute atomic E-state index is 0.0155. The monoisotopic (exact) mass is 360 g/mol. The van der Waals surface area contributed by atoms with Gasteiger partial charge in [0.1, 0.15) is 5.82 Å². The molecule has 1 aliphatic heterocycles. The predicted octanol–water partition coefficient (Wildman–Crippen LogP) is 2.55. The van der Waals surface area contributed by atoms with Gasteiger partial charge in [0.25, 0.3) is 0 Å². The topological polar surface area (TPSA) is 88.2 Å². The lowest BCUT2D eigenvalue weighted by Crippen LogP contribution is -2.32. The van der Waals surface area contributed by atoms with Crippen LogP contribution in [0.25, 0.3) is 22.3 Å². The van der Waals surface area contributed by atoms with E-state index >= 15 is 0 Å². The number of hydrogen-bond donors (Lipinski definition) is 1. The summed E-state index contributed by atoms with van der Waals surface area (Å²) in [6.45, 7) is 1.08. The van der Waals surface area contributed by atoms with Crippen molar-refractivity contribution in [2.24, 2.45) is 5.73 Å². The zero-order valence-electron chi connectivity index (χ0n) is 15.1. The number of urea groups is 1. The Kier molecular flexibility index (Phi) is 3.42. The lowest BCUT2D eigenvalue weighted by atomic mass is 10.2. The van der Waals surface area contributed by atoms with E-state index in [0.29, 0.717) is 18.9 Å². The average molecular weight is 360 g/mol. The molecule has 1 saturated carbocycles. The maximum Gasteiger partial charge on any atom is 0.326 e. The van der Waals surface area contributed by atoms with E-state index in [2.05, 4.69) is 4.98 Å². The van der Waals surface area contributed by atoms with Crippen molar-refractivity contribution in [2.75, 3.05) is 18.5 Å². The molecule has 0 atom stereocenters. The summed E-state index contributed by atoms with van der Waals surface area (Å²) in [4.78, 5) is 30.0. The highest BCUT2D eigenvalue weighted by Gasteiger charge is 2.56. The quantitative estimate of drug-likeness (QED) is 0.775. The van der Waals surface area contributed by atoms with E-state index < -0.39 is 0 Å². The van der Waals surface area contributed by atoms with Crippen LogP contribution >= 0.6 is 0 Å². The maximum atomic E-state index is 12.6. The van der Waals surface area contributed by atoms with Crippen molar-refractivity contribution in [3.05, 3.63) is 48.3 Å². The zero-order chi connectivity index (χ0) is 18.6. The molecule has 2 aliphatic rings. The van der Waals surface area contributed by atoms with Crippen LogP contribution in [-0.4, -0.2) is 45.0 Å². The molecule has 27 heavy (non-hydrogen) atoms. The van der Waals surface area contributed by atoms with Crippen molar-refractivity contribution in [2.45, 2.75) is 24.9 Å². The molecular formula is C20H20N6O. The number of amides is 2. The fourth-order valence-electron chi connectivity index (χ4n) is 3.70. The summed E-state index contributed by atoms with van der Waals surface area (Å²) in [7, 11) is 1.88. The molecule has 1 saturated heterocycles. The molecule has 1 aliphatic carbocycles. The fraction of sp³-hybridized carbons (Fsp3) is 0.300. The van der Waals surface area contributed by atoms with Gasteiger partial charge < -0.3 is 10.6 Å². The van der Waals surface area contributed by atoms with E-state index in [9.17, 15) is 4.79 Å². The van der Waals surface area contributed by atoms with Gasteiger partial charge in [-0.1, -0.05) is 6.07 Å². The molecule has 0 aromatic carbocycles. The lowest BCUT2D eigenvalue weighted by Gasteiger charge is -2.16. The summed E-state index contributed by atoms with van der Waals surface area (Å²) < 4.78 is 0. The van der Waals surface area contributed by atoms with Crippen LogP contribution in [0.4, 0.5) is 10.6 Å². The summed E-state index contributed by atoms with van der Waals surface area (Å²) >= 11 is 0. The van der Waals surface area contributed by atoms with Crippen LogP contribution < -0.4 is 10.6 Å². The first-order valence-corrected chi connectivity index (χ1v) is 9.08. The van der Waals surface area contributed by atoms with Gasteiger partial charge in [0.2, 0.25) is 0 Å². The number of hydrogen-bond acceptors (Lipinski definition) is 5. The van der Waals surface area contributed by atoms with Crippen LogP contribution in [0.15, 0.2) is 42.6 Å².